The molecule has 0 unspecified atom stereocenters. The van der Waals surface area contributed by atoms with Crippen molar-refractivity contribution in [2.45, 2.75) is 25.5 Å². The second-order valence-corrected chi connectivity index (χ2v) is 4.26. The van der Waals surface area contributed by atoms with Crippen LogP contribution in [0.25, 0.3) is 0 Å². The van der Waals surface area contributed by atoms with E-state index in [4.69, 9.17) is 0 Å². The van der Waals surface area contributed by atoms with E-state index in [0.717, 1.165) is 0 Å². The Balaban J connectivity index is 2.78. The molecule has 2 heteroatoms. The van der Waals surface area contributed by atoms with Gasteiger partial charge < -0.3 is 0 Å². The van der Waals surface area contributed by atoms with Gasteiger partial charge in [-0.25, -0.2) is 4.40 Å². The van der Waals surface area contributed by atoms with Gasteiger partial charge in [-0.05, 0) is 38.3 Å². The van der Waals surface area contributed by atoms with E-state index in [1.807, 2.05) is 6.21 Å². The minimum atomic E-state index is 0.207. The second-order valence-electron chi connectivity index (χ2n) is 2.82. The Morgan fingerprint density at radius 3 is 2.56 bits per heavy atom. The van der Waals surface area contributed by atoms with Crippen LogP contribution in [0.4, 0.5) is 0 Å². The standard InChI is InChI=1S/C7H11NS/c1-6-4-7(2,3)9-8-5-6/h4-5H,1-3H3. The molecule has 0 fully saturated rings. The zero-order chi connectivity index (χ0) is 6.91. The summed E-state index contributed by atoms with van der Waals surface area (Å²) in [6.45, 7) is 6.40. The van der Waals surface area contributed by atoms with Crippen LogP contribution in [0.1, 0.15) is 20.8 Å². The Labute approximate surface area is 60.4 Å². The Bertz CT molecular complexity index is 168. The normalized spacial score (nSPS) is 23.7. The fourth-order valence-corrected chi connectivity index (χ4v) is 1.59. The van der Waals surface area contributed by atoms with E-state index in [0.29, 0.717) is 0 Å². The van der Waals surface area contributed by atoms with Gasteiger partial charge in [0.25, 0.3) is 0 Å². The molecule has 0 radical (unpaired) electrons. The van der Waals surface area contributed by atoms with Crippen molar-refractivity contribution in [3.8, 4) is 0 Å². The van der Waals surface area contributed by atoms with Gasteiger partial charge in [0.15, 0.2) is 0 Å². The number of allylic oxidation sites excluding steroid dienone is 1. The van der Waals surface area contributed by atoms with Crippen molar-refractivity contribution in [2.75, 3.05) is 0 Å². The molecule has 9 heavy (non-hydrogen) atoms. The minimum absolute atomic E-state index is 0.207. The van der Waals surface area contributed by atoms with E-state index in [-0.39, 0.29) is 4.75 Å². The van der Waals surface area contributed by atoms with Crippen molar-refractivity contribution in [1.82, 2.24) is 0 Å². The molecule has 1 nitrogen and oxygen atoms in total. The third-order valence-corrected chi connectivity index (χ3v) is 1.92. The molecular formula is C7H11NS. The van der Waals surface area contributed by atoms with Crippen molar-refractivity contribution in [3.63, 3.8) is 0 Å². The first kappa shape index (κ1) is 6.87. The zero-order valence-electron chi connectivity index (χ0n) is 6.01. The molecule has 50 valence electrons. The smallest absolute Gasteiger partial charge is 0.0507 e. The highest BCUT2D eigenvalue weighted by Gasteiger charge is 2.17. The number of nitrogens with zero attached hydrogens (tertiary/aromatic N) is 1. The molecule has 0 saturated heterocycles. The van der Waals surface area contributed by atoms with Crippen LogP contribution < -0.4 is 0 Å². The maximum Gasteiger partial charge on any atom is 0.0507 e. The molecule has 1 aliphatic rings. The van der Waals surface area contributed by atoms with E-state index in [1.54, 1.807) is 11.9 Å². The fraction of sp³-hybridized carbons (Fsp3) is 0.571. The molecule has 0 aliphatic carbocycles. The van der Waals surface area contributed by atoms with Gasteiger partial charge in [0.2, 0.25) is 0 Å². The van der Waals surface area contributed by atoms with E-state index in [1.165, 1.54) is 5.57 Å². The number of hydrogen-bond donors (Lipinski definition) is 0. The molecule has 0 amide bonds. The predicted octanol–water partition coefficient (Wildman–Crippen LogP) is 2.44. The summed E-state index contributed by atoms with van der Waals surface area (Å²) in [4.78, 5) is 0. The summed E-state index contributed by atoms with van der Waals surface area (Å²) in [5, 5.41) is 0. The average molecular weight is 141 g/mol. The summed E-state index contributed by atoms with van der Waals surface area (Å²) in [5.41, 5.74) is 1.26. The van der Waals surface area contributed by atoms with E-state index >= 15 is 0 Å². The van der Waals surface area contributed by atoms with Gasteiger partial charge in [-0.1, -0.05) is 6.08 Å². The lowest BCUT2D eigenvalue weighted by Gasteiger charge is -2.19. The fourth-order valence-electron chi connectivity index (χ4n) is 0.857. The molecule has 1 rings (SSSR count). The molecule has 0 aromatic carbocycles. The van der Waals surface area contributed by atoms with Crippen molar-refractivity contribution >= 4 is 18.2 Å². The third kappa shape index (κ3) is 1.86. The Kier molecular flexibility index (Phi) is 1.66. The minimum Gasteiger partial charge on any atom is -0.223 e. The summed E-state index contributed by atoms with van der Waals surface area (Å²) >= 11 is 1.62. The lowest BCUT2D eigenvalue weighted by Crippen LogP contribution is -2.12. The molecule has 0 saturated carbocycles. The van der Waals surface area contributed by atoms with Gasteiger partial charge in [0, 0.05) is 6.21 Å². The molecule has 1 heterocycles. The van der Waals surface area contributed by atoms with Crippen LogP contribution in [-0.4, -0.2) is 11.0 Å². The summed E-state index contributed by atoms with van der Waals surface area (Å²) < 4.78 is 4.34. The zero-order valence-corrected chi connectivity index (χ0v) is 6.83. The predicted molar refractivity (Wildman–Crippen MR) is 43.9 cm³/mol. The van der Waals surface area contributed by atoms with Gasteiger partial charge >= 0.3 is 0 Å². The van der Waals surface area contributed by atoms with Gasteiger partial charge in [-0.15, -0.1) is 0 Å². The highest BCUT2D eigenvalue weighted by molar-refractivity contribution is 7.99. The van der Waals surface area contributed by atoms with Crippen LogP contribution in [0.3, 0.4) is 0 Å². The lowest BCUT2D eigenvalue weighted by molar-refractivity contribution is 0.891. The molecule has 0 spiro atoms. The van der Waals surface area contributed by atoms with Crippen LogP contribution in [0.5, 0.6) is 0 Å². The Morgan fingerprint density at radius 2 is 2.22 bits per heavy atom. The van der Waals surface area contributed by atoms with Crippen LogP contribution in [0.2, 0.25) is 0 Å². The van der Waals surface area contributed by atoms with Crippen LogP contribution in [0.15, 0.2) is 16.0 Å². The Hall–Kier alpha value is -0.240. The van der Waals surface area contributed by atoms with Crippen LogP contribution in [-0.2, 0) is 0 Å². The maximum absolute atomic E-state index is 4.13. The molecule has 0 atom stereocenters. The van der Waals surface area contributed by atoms with Crippen molar-refractivity contribution in [1.29, 1.82) is 0 Å². The molecule has 0 aromatic rings. The van der Waals surface area contributed by atoms with Crippen molar-refractivity contribution < 1.29 is 0 Å². The van der Waals surface area contributed by atoms with Gasteiger partial charge in [-0.3, -0.25) is 0 Å². The summed E-state index contributed by atoms with van der Waals surface area (Å²) in [7, 11) is 0. The highest BCUT2D eigenvalue weighted by Crippen LogP contribution is 2.30. The molecule has 0 N–H and O–H groups in total. The SMILES string of the molecule is CC1=CC(C)(C)SN=C1. The lowest BCUT2D eigenvalue weighted by atomic mass is 10.1. The van der Waals surface area contributed by atoms with Crippen LogP contribution >= 0.6 is 11.9 Å². The maximum atomic E-state index is 4.13. The monoisotopic (exact) mass is 141 g/mol. The van der Waals surface area contributed by atoms with Crippen molar-refractivity contribution in [2.24, 2.45) is 4.40 Å². The first-order valence-corrected chi connectivity index (χ1v) is 3.78. The largest absolute Gasteiger partial charge is 0.223 e. The molecule has 0 aromatic heterocycles. The quantitative estimate of drug-likeness (QED) is 0.472. The van der Waals surface area contributed by atoms with Gasteiger partial charge in [0.05, 0.1) is 4.75 Å². The van der Waals surface area contributed by atoms with Crippen LogP contribution in [0, 0.1) is 0 Å². The van der Waals surface area contributed by atoms with E-state index < -0.39 is 0 Å². The first-order valence-electron chi connectivity index (χ1n) is 3.01. The summed E-state index contributed by atoms with van der Waals surface area (Å²) in [5.74, 6) is 0. The van der Waals surface area contributed by atoms with E-state index in [2.05, 4.69) is 31.2 Å². The summed E-state index contributed by atoms with van der Waals surface area (Å²) in [6.07, 6.45) is 4.13. The van der Waals surface area contributed by atoms with Gasteiger partial charge in [-0.2, -0.15) is 0 Å². The second kappa shape index (κ2) is 2.18. The van der Waals surface area contributed by atoms with E-state index in [9.17, 15) is 0 Å². The average Bonchev–Trinajstić information content (AvgIpc) is 1.60. The van der Waals surface area contributed by atoms with Gasteiger partial charge in [0.1, 0.15) is 0 Å². The Morgan fingerprint density at radius 1 is 1.56 bits per heavy atom. The topological polar surface area (TPSA) is 12.4 Å². The summed E-state index contributed by atoms with van der Waals surface area (Å²) in [6, 6.07) is 0. The molecular weight excluding hydrogens is 130 g/mol. The highest BCUT2D eigenvalue weighted by atomic mass is 32.2. The molecule has 0 bridgehead atoms. The first-order chi connectivity index (χ1) is 4.10. The molecule has 1 aliphatic heterocycles. The number of hydrogen-bond acceptors (Lipinski definition) is 2. The number of rotatable bonds is 0. The van der Waals surface area contributed by atoms with Crippen molar-refractivity contribution in [3.05, 3.63) is 11.6 Å². The third-order valence-electron chi connectivity index (χ3n) is 1.12.